The summed E-state index contributed by atoms with van der Waals surface area (Å²) in [6, 6.07) is 7.56. The van der Waals surface area contributed by atoms with Gasteiger partial charge in [-0.25, -0.2) is 13.1 Å². The van der Waals surface area contributed by atoms with Crippen LogP contribution in [0.5, 0.6) is 0 Å². The summed E-state index contributed by atoms with van der Waals surface area (Å²) in [7, 11) is -1.74. The van der Waals surface area contributed by atoms with Gasteiger partial charge in [-0.15, -0.1) is 0 Å². The van der Waals surface area contributed by atoms with Crippen molar-refractivity contribution in [2.24, 2.45) is 7.05 Å². The lowest BCUT2D eigenvalue weighted by Gasteiger charge is -2.06. The summed E-state index contributed by atoms with van der Waals surface area (Å²) < 4.78 is 28.2. The van der Waals surface area contributed by atoms with E-state index in [-0.39, 0.29) is 16.8 Å². The van der Waals surface area contributed by atoms with Gasteiger partial charge in [-0.05, 0) is 37.1 Å². The number of nitrogens with zero attached hydrogens (tertiary/aromatic N) is 2. The molecule has 0 saturated heterocycles. The maximum atomic E-state index is 12.0. The predicted octanol–water partition coefficient (Wildman–Crippen LogP) is 1.11. The number of amides is 1. The fourth-order valence-corrected chi connectivity index (χ4v) is 3.25. The van der Waals surface area contributed by atoms with Crippen LogP contribution < -0.4 is 10.0 Å². The molecule has 0 atom stereocenters. The lowest BCUT2D eigenvalue weighted by Crippen LogP contribution is -2.25. The van der Waals surface area contributed by atoms with Crippen LogP contribution in [-0.2, 0) is 17.1 Å². The quantitative estimate of drug-likeness (QED) is 0.863. The average molecular weight is 320 g/mol. The number of benzene rings is 1. The minimum absolute atomic E-state index is 0.0529. The van der Waals surface area contributed by atoms with Crippen LogP contribution in [0.2, 0.25) is 0 Å². The van der Waals surface area contributed by atoms with E-state index in [0.29, 0.717) is 11.4 Å². The third kappa shape index (κ3) is 3.34. The third-order valence-corrected chi connectivity index (χ3v) is 4.82. The SMILES string of the molecule is Cn1ccc(NC(=O)c2ccc(S(=O)(=O)NC3CC3)cc2)n1. The van der Waals surface area contributed by atoms with Gasteiger partial charge in [0.05, 0.1) is 4.90 Å². The van der Waals surface area contributed by atoms with Crippen LogP contribution in [-0.4, -0.2) is 30.1 Å². The molecule has 1 amide bonds. The number of carbonyl (C=O) groups excluding carboxylic acids is 1. The fraction of sp³-hybridized carbons (Fsp3) is 0.286. The Hall–Kier alpha value is -2.19. The van der Waals surface area contributed by atoms with Crippen LogP contribution in [0.1, 0.15) is 23.2 Å². The summed E-state index contributed by atoms with van der Waals surface area (Å²) in [5, 5.41) is 6.69. The zero-order chi connectivity index (χ0) is 15.7. The molecule has 7 nitrogen and oxygen atoms in total. The molecule has 1 aliphatic carbocycles. The van der Waals surface area contributed by atoms with Gasteiger partial charge in [0.1, 0.15) is 0 Å². The number of carbonyl (C=O) groups is 1. The van der Waals surface area contributed by atoms with Gasteiger partial charge in [-0.3, -0.25) is 9.48 Å². The second-order valence-corrected chi connectivity index (χ2v) is 6.96. The maximum Gasteiger partial charge on any atom is 0.256 e. The first kappa shape index (κ1) is 14.7. The van der Waals surface area contributed by atoms with Crippen molar-refractivity contribution in [2.45, 2.75) is 23.8 Å². The molecule has 3 rings (SSSR count). The number of rotatable bonds is 5. The van der Waals surface area contributed by atoms with Crippen molar-refractivity contribution < 1.29 is 13.2 Å². The van der Waals surface area contributed by atoms with Gasteiger partial charge in [-0.1, -0.05) is 0 Å². The minimum atomic E-state index is -3.49. The first-order chi connectivity index (χ1) is 10.4. The first-order valence-electron chi connectivity index (χ1n) is 6.87. The maximum absolute atomic E-state index is 12.0. The largest absolute Gasteiger partial charge is 0.305 e. The van der Waals surface area contributed by atoms with E-state index >= 15 is 0 Å². The molecule has 0 bridgehead atoms. The van der Waals surface area contributed by atoms with Crippen molar-refractivity contribution in [1.29, 1.82) is 0 Å². The molecule has 1 saturated carbocycles. The zero-order valence-corrected chi connectivity index (χ0v) is 12.8. The Morgan fingerprint density at radius 2 is 1.91 bits per heavy atom. The van der Waals surface area contributed by atoms with Crippen LogP contribution >= 0.6 is 0 Å². The van der Waals surface area contributed by atoms with Crippen LogP contribution in [0.3, 0.4) is 0 Å². The van der Waals surface area contributed by atoms with E-state index < -0.39 is 10.0 Å². The number of anilines is 1. The van der Waals surface area contributed by atoms with Crippen LogP contribution in [0.4, 0.5) is 5.82 Å². The van der Waals surface area contributed by atoms with E-state index in [9.17, 15) is 13.2 Å². The second-order valence-electron chi connectivity index (χ2n) is 5.25. The summed E-state index contributed by atoms with van der Waals surface area (Å²) in [5.74, 6) is 0.109. The molecule has 0 aliphatic heterocycles. The van der Waals surface area contributed by atoms with Gasteiger partial charge in [0.25, 0.3) is 5.91 Å². The van der Waals surface area contributed by atoms with Gasteiger partial charge in [-0.2, -0.15) is 5.10 Å². The summed E-state index contributed by atoms with van der Waals surface area (Å²) in [6.07, 6.45) is 3.47. The van der Waals surface area contributed by atoms with Gasteiger partial charge in [0.15, 0.2) is 5.82 Å². The highest BCUT2D eigenvalue weighted by molar-refractivity contribution is 7.89. The Labute approximate surface area is 128 Å². The molecule has 8 heteroatoms. The highest BCUT2D eigenvalue weighted by Crippen LogP contribution is 2.22. The summed E-state index contributed by atoms with van der Waals surface area (Å²) in [5.41, 5.74) is 0.371. The molecule has 2 aromatic rings. The molecule has 1 aliphatic rings. The fourth-order valence-electron chi connectivity index (χ4n) is 1.94. The summed E-state index contributed by atoms with van der Waals surface area (Å²) >= 11 is 0. The number of sulfonamides is 1. The molecule has 1 fully saturated rings. The molecular formula is C14H16N4O3S. The van der Waals surface area contributed by atoms with Gasteiger partial charge >= 0.3 is 0 Å². The lowest BCUT2D eigenvalue weighted by molar-refractivity contribution is 0.102. The molecule has 0 radical (unpaired) electrons. The predicted molar refractivity (Wildman–Crippen MR) is 80.9 cm³/mol. The highest BCUT2D eigenvalue weighted by atomic mass is 32.2. The standard InChI is InChI=1S/C14H16N4O3S/c1-18-9-8-13(16-18)15-14(19)10-2-6-12(7-3-10)22(20,21)17-11-4-5-11/h2-3,6-9,11,17H,4-5H2,1H3,(H,15,16,19). The molecule has 0 spiro atoms. The molecule has 22 heavy (non-hydrogen) atoms. The van der Waals surface area contributed by atoms with E-state index in [1.165, 1.54) is 24.3 Å². The van der Waals surface area contributed by atoms with Gasteiger partial charge in [0.2, 0.25) is 10.0 Å². The number of aromatic nitrogens is 2. The molecule has 0 unspecified atom stereocenters. The second kappa shape index (κ2) is 5.54. The Morgan fingerprint density at radius 1 is 1.23 bits per heavy atom. The third-order valence-electron chi connectivity index (χ3n) is 3.28. The van der Waals surface area contributed by atoms with Crippen molar-refractivity contribution in [3.8, 4) is 0 Å². The van der Waals surface area contributed by atoms with Gasteiger partial charge in [0, 0.05) is 30.9 Å². The number of aryl methyl sites for hydroxylation is 1. The van der Waals surface area contributed by atoms with E-state index in [4.69, 9.17) is 0 Å². The number of hydrogen-bond donors (Lipinski definition) is 2. The number of nitrogens with one attached hydrogen (secondary N) is 2. The van der Waals surface area contributed by atoms with Crippen molar-refractivity contribution in [1.82, 2.24) is 14.5 Å². The molecule has 2 N–H and O–H groups in total. The van der Waals surface area contributed by atoms with E-state index in [1.807, 2.05) is 0 Å². The summed E-state index contributed by atoms with van der Waals surface area (Å²) in [6.45, 7) is 0. The molecule has 116 valence electrons. The number of hydrogen-bond acceptors (Lipinski definition) is 4. The molecule has 1 aromatic carbocycles. The van der Waals surface area contributed by atoms with Crippen molar-refractivity contribution >= 4 is 21.7 Å². The zero-order valence-electron chi connectivity index (χ0n) is 12.0. The molecular weight excluding hydrogens is 304 g/mol. The lowest BCUT2D eigenvalue weighted by atomic mass is 10.2. The first-order valence-corrected chi connectivity index (χ1v) is 8.36. The van der Waals surface area contributed by atoms with E-state index in [2.05, 4.69) is 15.1 Å². The normalized spacial score (nSPS) is 14.8. The Morgan fingerprint density at radius 3 is 2.45 bits per heavy atom. The van der Waals surface area contributed by atoms with E-state index in [0.717, 1.165) is 12.8 Å². The van der Waals surface area contributed by atoms with Crippen molar-refractivity contribution in [3.05, 3.63) is 42.1 Å². The average Bonchev–Trinajstić information content (AvgIpc) is 3.19. The Balaban J connectivity index is 1.71. The topological polar surface area (TPSA) is 93.1 Å². The van der Waals surface area contributed by atoms with Gasteiger partial charge < -0.3 is 5.32 Å². The van der Waals surface area contributed by atoms with Crippen molar-refractivity contribution in [2.75, 3.05) is 5.32 Å². The van der Waals surface area contributed by atoms with E-state index in [1.54, 1.807) is 24.0 Å². The Bertz CT molecular complexity index is 792. The molecule has 1 aromatic heterocycles. The highest BCUT2D eigenvalue weighted by Gasteiger charge is 2.27. The smallest absolute Gasteiger partial charge is 0.256 e. The summed E-state index contributed by atoms with van der Waals surface area (Å²) in [4.78, 5) is 12.2. The van der Waals surface area contributed by atoms with Crippen molar-refractivity contribution in [3.63, 3.8) is 0 Å². The monoisotopic (exact) mass is 320 g/mol. The Kier molecular flexibility index (Phi) is 3.71. The minimum Gasteiger partial charge on any atom is -0.305 e. The molecule has 1 heterocycles. The van der Waals surface area contributed by atoms with Crippen LogP contribution in [0.25, 0.3) is 0 Å². The van der Waals surface area contributed by atoms with Crippen LogP contribution in [0.15, 0.2) is 41.4 Å². The van der Waals surface area contributed by atoms with Crippen LogP contribution in [0, 0.1) is 0 Å².